The molecule has 0 rings (SSSR count). The average Bonchev–Trinajstić information content (AvgIpc) is 2.07. The molecule has 0 radical (unpaired) electrons. The van der Waals surface area contributed by atoms with E-state index in [-0.39, 0.29) is 0 Å². The summed E-state index contributed by atoms with van der Waals surface area (Å²) >= 11 is 0. The minimum absolute atomic E-state index is 0.740. The SMILES string of the molecule is CCCC(C)CCC(CC)NC. The van der Waals surface area contributed by atoms with E-state index in [2.05, 4.69) is 33.1 Å². The third-order valence-electron chi connectivity index (χ3n) is 2.69. The van der Waals surface area contributed by atoms with Gasteiger partial charge in [0.05, 0.1) is 0 Å². The molecule has 0 aliphatic heterocycles. The lowest BCUT2D eigenvalue weighted by Crippen LogP contribution is -2.24. The predicted molar refractivity (Wildman–Crippen MR) is 56.4 cm³/mol. The van der Waals surface area contributed by atoms with Crippen molar-refractivity contribution >= 4 is 0 Å². The van der Waals surface area contributed by atoms with Crippen LogP contribution in [0.3, 0.4) is 0 Å². The molecule has 0 aromatic carbocycles. The smallest absolute Gasteiger partial charge is 0.00615 e. The zero-order valence-corrected chi connectivity index (χ0v) is 9.19. The number of hydrogen-bond acceptors (Lipinski definition) is 1. The van der Waals surface area contributed by atoms with Crippen molar-refractivity contribution in [2.45, 2.75) is 58.9 Å². The van der Waals surface area contributed by atoms with Crippen LogP contribution in [0.5, 0.6) is 0 Å². The number of rotatable bonds is 7. The van der Waals surface area contributed by atoms with Crippen molar-refractivity contribution in [2.24, 2.45) is 5.92 Å². The highest BCUT2D eigenvalue weighted by molar-refractivity contribution is 4.64. The Morgan fingerprint density at radius 2 is 1.75 bits per heavy atom. The van der Waals surface area contributed by atoms with E-state index in [0.29, 0.717) is 0 Å². The van der Waals surface area contributed by atoms with Crippen LogP contribution in [-0.4, -0.2) is 13.1 Å². The Balaban J connectivity index is 3.37. The van der Waals surface area contributed by atoms with Crippen LogP contribution in [0.25, 0.3) is 0 Å². The summed E-state index contributed by atoms with van der Waals surface area (Å²) in [7, 11) is 2.07. The maximum atomic E-state index is 3.35. The van der Waals surface area contributed by atoms with Gasteiger partial charge in [0, 0.05) is 6.04 Å². The fourth-order valence-electron chi connectivity index (χ4n) is 1.68. The topological polar surface area (TPSA) is 12.0 Å². The molecule has 0 aliphatic carbocycles. The summed E-state index contributed by atoms with van der Waals surface area (Å²) in [6.07, 6.45) is 6.70. The van der Waals surface area contributed by atoms with Gasteiger partial charge in [-0.05, 0) is 32.2 Å². The minimum Gasteiger partial charge on any atom is -0.317 e. The van der Waals surface area contributed by atoms with Crippen LogP contribution < -0.4 is 5.32 Å². The second-order valence-electron chi connectivity index (χ2n) is 3.87. The molecule has 0 heterocycles. The molecule has 1 heteroatoms. The second kappa shape index (κ2) is 7.60. The van der Waals surface area contributed by atoms with Gasteiger partial charge in [0.15, 0.2) is 0 Å². The van der Waals surface area contributed by atoms with Gasteiger partial charge in [-0.25, -0.2) is 0 Å². The van der Waals surface area contributed by atoms with Crippen molar-refractivity contribution < 1.29 is 0 Å². The summed E-state index contributed by atoms with van der Waals surface area (Å²) in [5.74, 6) is 0.914. The van der Waals surface area contributed by atoms with Gasteiger partial charge in [-0.15, -0.1) is 0 Å². The lowest BCUT2D eigenvalue weighted by atomic mass is 9.97. The number of hydrogen-bond donors (Lipinski definition) is 1. The molecule has 0 aromatic heterocycles. The van der Waals surface area contributed by atoms with Crippen LogP contribution >= 0.6 is 0 Å². The van der Waals surface area contributed by atoms with Gasteiger partial charge >= 0.3 is 0 Å². The molecule has 0 saturated carbocycles. The predicted octanol–water partition coefficient (Wildman–Crippen LogP) is 3.20. The van der Waals surface area contributed by atoms with Crippen molar-refractivity contribution in [3.05, 3.63) is 0 Å². The van der Waals surface area contributed by atoms with E-state index >= 15 is 0 Å². The molecule has 0 fully saturated rings. The van der Waals surface area contributed by atoms with E-state index in [1.807, 2.05) is 0 Å². The molecule has 0 amide bonds. The highest BCUT2D eigenvalue weighted by atomic mass is 14.9. The molecule has 0 saturated heterocycles. The van der Waals surface area contributed by atoms with E-state index in [1.165, 1.54) is 32.1 Å². The molecule has 74 valence electrons. The van der Waals surface area contributed by atoms with E-state index in [4.69, 9.17) is 0 Å². The van der Waals surface area contributed by atoms with E-state index < -0.39 is 0 Å². The maximum Gasteiger partial charge on any atom is 0.00615 e. The molecular weight excluding hydrogens is 146 g/mol. The first-order valence-electron chi connectivity index (χ1n) is 5.41. The quantitative estimate of drug-likeness (QED) is 0.620. The summed E-state index contributed by atoms with van der Waals surface area (Å²) in [6.45, 7) is 6.89. The van der Waals surface area contributed by atoms with Crippen molar-refractivity contribution in [1.29, 1.82) is 0 Å². The zero-order valence-electron chi connectivity index (χ0n) is 9.19. The normalized spacial score (nSPS) is 16.0. The van der Waals surface area contributed by atoms with Crippen LogP contribution in [0.1, 0.15) is 52.9 Å². The van der Waals surface area contributed by atoms with Crippen molar-refractivity contribution in [2.75, 3.05) is 7.05 Å². The standard InChI is InChI=1S/C11H25N/c1-5-7-10(3)8-9-11(6-2)12-4/h10-12H,5-9H2,1-4H3. The third kappa shape index (κ3) is 5.59. The molecule has 1 N–H and O–H groups in total. The lowest BCUT2D eigenvalue weighted by Gasteiger charge is -2.16. The van der Waals surface area contributed by atoms with Gasteiger partial charge < -0.3 is 5.32 Å². The van der Waals surface area contributed by atoms with E-state index in [9.17, 15) is 0 Å². The van der Waals surface area contributed by atoms with E-state index in [0.717, 1.165) is 12.0 Å². The molecular formula is C11H25N. The summed E-state index contributed by atoms with van der Waals surface area (Å²) in [5, 5.41) is 3.35. The van der Waals surface area contributed by atoms with Gasteiger partial charge in [-0.2, -0.15) is 0 Å². The van der Waals surface area contributed by atoms with Crippen LogP contribution in [0.4, 0.5) is 0 Å². The monoisotopic (exact) mass is 171 g/mol. The van der Waals surface area contributed by atoms with Crippen molar-refractivity contribution in [3.8, 4) is 0 Å². The average molecular weight is 171 g/mol. The Labute approximate surface area is 77.9 Å². The molecule has 2 atom stereocenters. The summed E-state index contributed by atoms with van der Waals surface area (Å²) in [4.78, 5) is 0. The lowest BCUT2D eigenvalue weighted by molar-refractivity contribution is 0.408. The molecule has 0 aromatic rings. The summed E-state index contributed by atoms with van der Waals surface area (Å²) < 4.78 is 0. The third-order valence-corrected chi connectivity index (χ3v) is 2.69. The summed E-state index contributed by atoms with van der Waals surface area (Å²) in [6, 6.07) is 0.740. The largest absolute Gasteiger partial charge is 0.317 e. The minimum atomic E-state index is 0.740. The number of nitrogens with one attached hydrogen (secondary N) is 1. The van der Waals surface area contributed by atoms with Gasteiger partial charge in [0.25, 0.3) is 0 Å². The fraction of sp³-hybridized carbons (Fsp3) is 1.00. The molecule has 2 unspecified atom stereocenters. The first kappa shape index (κ1) is 12.0. The molecule has 0 bridgehead atoms. The highest BCUT2D eigenvalue weighted by Crippen LogP contribution is 2.14. The summed E-state index contributed by atoms with van der Waals surface area (Å²) in [5.41, 5.74) is 0. The Bertz CT molecular complexity index is 87.0. The van der Waals surface area contributed by atoms with Crippen molar-refractivity contribution in [3.63, 3.8) is 0 Å². The molecule has 12 heavy (non-hydrogen) atoms. The molecule has 1 nitrogen and oxygen atoms in total. The zero-order chi connectivity index (χ0) is 9.40. The van der Waals surface area contributed by atoms with Crippen LogP contribution in [0, 0.1) is 5.92 Å². The molecule has 0 spiro atoms. The fourth-order valence-corrected chi connectivity index (χ4v) is 1.68. The Morgan fingerprint density at radius 1 is 1.08 bits per heavy atom. The Morgan fingerprint density at radius 3 is 2.17 bits per heavy atom. The van der Waals surface area contributed by atoms with Crippen LogP contribution in [0.2, 0.25) is 0 Å². The first-order valence-corrected chi connectivity index (χ1v) is 5.41. The Hall–Kier alpha value is -0.0400. The second-order valence-corrected chi connectivity index (χ2v) is 3.87. The van der Waals surface area contributed by atoms with Crippen molar-refractivity contribution in [1.82, 2.24) is 5.32 Å². The van der Waals surface area contributed by atoms with E-state index in [1.54, 1.807) is 0 Å². The molecule has 0 aliphatic rings. The first-order chi connectivity index (χ1) is 5.74. The Kier molecular flexibility index (Phi) is 7.58. The van der Waals surface area contributed by atoms with Gasteiger partial charge in [-0.1, -0.05) is 33.6 Å². The van der Waals surface area contributed by atoms with Crippen LogP contribution in [-0.2, 0) is 0 Å². The highest BCUT2D eigenvalue weighted by Gasteiger charge is 2.05. The van der Waals surface area contributed by atoms with Gasteiger partial charge in [0.1, 0.15) is 0 Å². The van der Waals surface area contributed by atoms with Gasteiger partial charge in [0.2, 0.25) is 0 Å². The van der Waals surface area contributed by atoms with Crippen LogP contribution in [0.15, 0.2) is 0 Å². The maximum absolute atomic E-state index is 3.35. The van der Waals surface area contributed by atoms with Gasteiger partial charge in [-0.3, -0.25) is 0 Å².